The highest BCUT2D eigenvalue weighted by atomic mass is 19.4. The Hall–Kier alpha value is -0.880. The van der Waals surface area contributed by atoms with Gasteiger partial charge in [0.1, 0.15) is 6.04 Å². The molecule has 0 spiro atoms. The Balaban J connectivity index is 2.76. The quantitative estimate of drug-likeness (QED) is 0.642. The molecule has 1 atom stereocenters. The molecule has 0 aromatic carbocycles. The third kappa shape index (κ3) is 1.73. The molecule has 2 nitrogen and oxygen atoms in total. The second kappa shape index (κ2) is 2.81. The zero-order valence-corrected chi connectivity index (χ0v) is 6.29. The van der Waals surface area contributed by atoms with Crippen LogP contribution in [-0.2, 0) is 4.79 Å². The molecule has 1 aliphatic rings. The number of hydrogen-bond donors (Lipinski definition) is 1. The molecule has 1 amide bonds. The predicted molar refractivity (Wildman–Crippen MR) is 32.2 cm³/mol. The van der Waals surface area contributed by atoms with E-state index in [1.54, 1.807) is 5.32 Å². The molecule has 1 aliphatic heterocycles. The minimum Gasteiger partial charge on any atom is -0.347 e. The van der Waals surface area contributed by atoms with Gasteiger partial charge in [-0.3, -0.25) is 4.79 Å². The number of carbonyl (C=O) groups is 1. The van der Waals surface area contributed by atoms with Gasteiger partial charge in [0.15, 0.2) is 0 Å². The Bertz CT molecular complexity index is 224. The lowest BCUT2D eigenvalue weighted by molar-refractivity contribution is -0.291. The second-order valence-electron chi connectivity index (χ2n) is 2.78. The van der Waals surface area contributed by atoms with Crippen molar-refractivity contribution in [2.75, 3.05) is 0 Å². The first kappa shape index (κ1) is 10.2. The van der Waals surface area contributed by atoms with E-state index in [0.29, 0.717) is 0 Å². The Labute approximate surface area is 70.1 Å². The SMILES string of the molecule is O=C1CCC(C(F)(F)C(F)(F)F)N1. The van der Waals surface area contributed by atoms with Crippen molar-refractivity contribution in [3.8, 4) is 0 Å². The molecule has 1 saturated heterocycles. The van der Waals surface area contributed by atoms with Crippen LogP contribution in [0.25, 0.3) is 0 Å². The van der Waals surface area contributed by atoms with Crippen LogP contribution in [0.5, 0.6) is 0 Å². The minimum absolute atomic E-state index is 0.281. The molecule has 1 unspecified atom stereocenters. The van der Waals surface area contributed by atoms with E-state index < -0.39 is 30.5 Å². The average molecular weight is 203 g/mol. The second-order valence-corrected chi connectivity index (χ2v) is 2.78. The highest BCUT2D eigenvalue weighted by Crippen LogP contribution is 2.40. The van der Waals surface area contributed by atoms with Crippen LogP contribution in [0.3, 0.4) is 0 Å². The molecule has 0 radical (unpaired) electrons. The van der Waals surface area contributed by atoms with Crippen LogP contribution in [-0.4, -0.2) is 24.0 Å². The fourth-order valence-corrected chi connectivity index (χ4v) is 1.08. The lowest BCUT2D eigenvalue weighted by Crippen LogP contribution is -2.51. The Morgan fingerprint density at radius 1 is 1.23 bits per heavy atom. The lowest BCUT2D eigenvalue weighted by Gasteiger charge is -2.24. The Morgan fingerprint density at radius 2 is 1.77 bits per heavy atom. The molecule has 1 N–H and O–H groups in total. The van der Waals surface area contributed by atoms with Crippen LogP contribution < -0.4 is 5.32 Å². The van der Waals surface area contributed by atoms with Gasteiger partial charge in [0.05, 0.1) is 0 Å². The molecule has 0 saturated carbocycles. The number of rotatable bonds is 1. The number of alkyl halides is 5. The van der Waals surface area contributed by atoms with E-state index in [1.807, 2.05) is 0 Å². The summed E-state index contributed by atoms with van der Waals surface area (Å²) in [6.07, 6.45) is -6.36. The van der Waals surface area contributed by atoms with Gasteiger partial charge in [0.2, 0.25) is 5.91 Å². The third-order valence-electron chi connectivity index (χ3n) is 1.81. The van der Waals surface area contributed by atoms with Gasteiger partial charge >= 0.3 is 12.1 Å². The van der Waals surface area contributed by atoms with Crippen LogP contribution in [0.4, 0.5) is 22.0 Å². The fraction of sp³-hybridized carbons (Fsp3) is 0.833. The molecule has 76 valence electrons. The van der Waals surface area contributed by atoms with E-state index in [9.17, 15) is 26.7 Å². The minimum atomic E-state index is -5.60. The van der Waals surface area contributed by atoms with Crippen molar-refractivity contribution in [2.45, 2.75) is 31.0 Å². The highest BCUT2D eigenvalue weighted by Gasteiger charge is 2.63. The summed E-state index contributed by atoms with van der Waals surface area (Å²) in [7, 11) is 0. The van der Waals surface area contributed by atoms with Crippen LogP contribution in [0.2, 0.25) is 0 Å². The zero-order valence-electron chi connectivity index (χ0n) is 6.29. The van der Waals surface area contributed by atoms with Crippen molar-refractivity contribution in [3.63, 3.8) is 0 Å². The maximum absolute atomic E-state index is 12.5. The smallest absolute Gasteiger partial charge is 0.347 e. The van der Waals surface area contributed by atoms with Gasteiger partial charge in [0, 0.05) is 6.42 Å². The van der Waals surface area contributed by atoms with Crippen LogP contribution in [0.1, 0.15) is 12.8 Å². The fourth-order valence-electron chi connectivity index (χ4n) is 1.08. The van der Waals surface area contributed by atoms with Crippen molar-refractivity contribution >= 4 is 5.91 Å². The van der Waals surface area contributed by atoms with Gasteiger partial charge < -0.3 is 5.32 Å². The monoisotopic (exact) mass is 203 g/mol. The normalized spacial score (nSPS) is 24.7. The summed E-state index contributed by atoms with van der Waals surface area (Å²) in [6, 6.07) is -2.11. The Morgan fingerprint density at radius 3 is 2.08 bits per heavy atom. The molecular weight excluding hydrogens is 197 g/mol. The number of nitrogens with one attached hydrogen (secondary N) is 1. The summed E-state index contributed by atoms with van der Waals surface area (Å²) >= 11 is 0. The first-order chi connectivity index (χ1) is 5.75. The maximum atomic E-state index is 12.5. The largest absolute Gasteiger partial charge is 0.455 e. The van der Waals surface area contributed by atoms with Gasteiger partial charge in [-0.15, -0.1) is 0 Å². The summed E-state index contributed by atoms with van der Waals surface area (Å²) in [4.78, 5) is 10.4. The molecule has 13 heavy (non-hydrogen) atoms. The standard InChI is InChI=1S/C6H6F5NO/c7-5(8,6(9,10)11)3-1-2-4(13)12-3/h3H,1-2H2,(H,12,13). The molecular formula is C6H6F5NO. The van der Waals surface area contributed by atoms with Crippen molar-refractivity contribution in [3.05, 3.63) is 0 Å². The van der Waals surface area contributed by atoms with Gasteiger partial charge in [0.25, 0.3) is 0 Å². The highest BCUT2D eigenvalue weighted by molar-refractivity contribution is 5.78. The van der Waals surface area contributed by atoms with Crippen molar-refractivity contribution < 1.29 is 26.7 Å². The summed E-state index contributed by atoms with van der Waals surface area (Å²) in [5.41, 5.74) is 0. The average Bonchev–Trinajstić information content (AvgIpc) is 2.33. The number of carbonyl (C=O) groups excluding carboxylic acids is 1. The third-order valence-corrected chi connectivity index (χ3v) is 1.81. The van der Waals surface area contributed by atoms with Gasteiger partial charge in [-0.05, 0) is 6.42 Å². The topological polar surface area (TPSA) is 29.1 Å². The van der Waals surface area contributed by atoms with E-state index in [0.717, 1.165) is 0 Å². The molecule has 1 rings (SSSR count). The molecule has 0 aliphatic carbocycles. The zero-order chi connectivity index (χ0) is 10.3. The predicted octanol–water partition coefficient (Wildman–Crippen LogP) is 1.46. The van der Waals surface area contributed by atoms with Crippen molar-refractivity contribution in [1.29, 1.82) is 0 Å². The van der Waals surface area contributed by atoms with Crippen LogP contribution >= 0.6 is 0 Å². The lowest BCUT2D eigenvalue weighted by atomic mass is 10.1. The van der Waals surface area contributed by atoms with E-state index in [-0.39, 0.29) is 6.42 Å². The van der Waals surface area contributed by atoms with Crippen LogP contribution in [0.15, 0.2) is 0 Å². The molecule has 0 bridgehead atoms. The molecule has 0 aromatic heterocycles. The van der Waals surface area contributed by atoms with Gasteiger partial charge in [-0.25, -0.2) is 0 Å². The van der Waals surface area contributed by atoms with Gasteiger partial charge in [-0.1, -0.05) is 0 Å². The first-order valence-corrected chi connectivity index (χ1v) is 3.49. The number of amides is 1. The number of halogens is 5. The molecule has 0 aromatic rings. The molecule has 1 heterocycles. The van der Waals surface area contributed by atoms with E-state index in [2.05, 4.69) is 0 Å². The first-order valence-electron chi connectivity index (χ1n) is 3.49. The molecule has 7 heteroatoms. The number of hydrogen-bond acceptors (Lipinski definition) is 1. The van der Waals surface area contributed by atoms with Crippen LogP contribution in [0, 0.1) is 0 Å². The summed E-state index contributed by atoms with van der Waals surface area (Å²) in [6.45, 7) is 0. The van der Waals surface area contributed by atoms with E-state index >= 15 is 0 Å². The summed E-state index contributed by atoms with van der Waals surface area (Å²) < 4.78 is 60.1. The van der Waals surface area contributed by atoms with Crippen molar-refractivity contribution in [1.82, 2.24) is 5.32 Å². The maximum Gasteiger partial charge on any atom is 0.455 e. The Kier molecular flexibility index (Phi) is 2.21. The molecule has 1 fully saturated rings. The van der Waals surface area contributed by atoms with Crippen molar-refractivity contribution in [2.24, 2.45) is 0 Å². The van der Waals surface area contributed by atoms with E-state index in [1.165, 1.54) is 0 Å². The van der Waals surface area contributed by atoms with Gasteiger partial charge in [-0.2, -0.15) is 22.0 Å². The van der Waals surface area contributed by atoms with E-state index in [4.69, 9.17) is 0 Å². The summed E-state index contributed by atoms with van der Waals surface area (Å²) in [5, 5.41) is 1.59. The summed E-state index contributed by atoms with van der Waals surface area (Å²) in [5.74, 6) is -5.60.